The van der Waals surface area contributed by atoms with Crippen molar-refractivity contribution < 1.29 is 0 Å². The number of rotatable bonds is 1. The van der Waals surface area contributed by atoms with E-state index in [0.29, 0.717) is 0 Å². The van der Waals surface area contributed by atoms with Gasteiger partial charge in [-0.15, -0.1) is 16.4 Å². The molecule has 0 amide bonds. The SMILES string of the molecule is Cc1ccc(-c2ccc(C)s2)nn1. The summed E-state index contributed by atoms with van der Waals surface area (Å²) in [5, 5.41) is 8.14. The summed E-state index contributed by atoms with van der Waals surface area (Å²) in [6.07, 6.45) is 0. The third-order valence-corrected chi connectivity index (χ3v) is 2.81. The standard InChI is InChI=1S/C10H10N2S/c1-7-3-5-9(12-11-7)10-6-4-8(2)13-10/h3-6H,1-2H3. The van der Waals surface area contributed by atoms with E-state index in [2.05, 4.69) is 29.3 Å². The highest BCUT2D eigenvalue weighted by Crippen LogP contribution is 2.25. The van der Waals surface area contributed by atoms with Crippen molar-refractivity contribution in [1.29, 1.82) is 0 Å². The van der Waals surface area contributed by atoms with Crippen molar-refractivity contribution in [3.63, 3.8) is 0 Å². The molecule has 0 bridgehead atoms. The van der Waals surface area contributed by atoms with Gasteiger partial charge in [0.05, 0.1) is 10.6 Å². The van der Waals surface area contributed by atoms with Crippen LogP contribution < -0.4 is 0 Å². The summed E-state index contributed by atoms with van der Waals surface area (Å²) in [6, 6.07) is 8.17. The Balaban J connectivity index is 2.41. The predicted octanol–water partition coefficient (Wildman–Crippen LogP) is 2.82. The molecule has 13 heavy (non-hydrogen) atoms. The number of aryl methyl sites for hydroxylation is 2. The van der Waals surface area contributed by atoms with E-state index in [1.54, 1.807) is 11.3 Å². The Labute approximate surface area is 81.3 Å². The highest BCUT2D eigenvalue weighted by Gasteiger charge is 2.01. The Morgan fingerprint density at radius 2 is 1.85 bits per heavy atom. The lowest BCUT2D eigenvalue weighted by Crippen LogP contribution is -1.86. The normalized spacial score (nSPS) is 10.3. The lowest BCUT2D eigenvalue weighted by atomic mass is 10.3. The molecule has 0 unspecified atom stereocenters. The summed E-state index contributed by atoms with van der Waals surface area (Å²) in [5.74, 6) is 0. The van der Waals surface area contributed by atoms with Crippen molar-refractivity contribution >= 4 is 11.3 Å². The summed E-state index contributed by atoms with van der Waals surface area (Å²) in [4.78, 5) is 2.49. The van der Waals surface area contributed by atoms with Gasteiger partial charge < -0.3 is 0 Å². The zero-order valence-electron chi connectivity index (χ0n) is 7.61. The van der Waals surface area contributed by atoms with E-state index >= 15 is 0 Å². The van der Waals surface area contributed by atoms with Gasteiger partial charge in [0.2, 0.25) is 0 Å². The highest BCUT2D eigenvalue weighted by atomic mass is 32.1. The predicted molar refractivity (Wildman–Crippen MR) is 54.8 cm³/mol. The molecule has 0 N–H and O–H groups in total. The van der Waals surface area contributed by atoms with Crippen molar-refractivity contribution in [1.82, 2.24) is 10.2 Å². The third-order valence-electron chi connectivity index (χ3n) is 1.79. The Kier molecular flexibility index (Phi) is 2.10. The first-order chi connectivity index (χ1) is 6.25. The fourth-order valence-corrected chi connectivity index (χ4v) is 1.94. The molecule has 2 heterocycles. The second-order valence-corrected chi connectivity index (χ2v) is 4.26. The first-order valence-corrected chi connectivity index (χ1v) is 4.94. The molecule has 0 atom stereocenters. The Hall–Kier alpha value is -1.22. The van der Waals surface area contributed by atoms with Gasteiger partial charge in [-0.1, -0.05) is 0 Å². The Morgan fingerprint density at radius 3 is 2.38 bits per heavy atom. The van der Waals surface area contributed by atoms with E-state index in [1.165, 1.54) is 9.75 Å². The summed E-state index contributed by atoms with van der Waals surface area (Å²) in [6.45, 7) is 4.03. The van der Waals surface area contributed by atoms with Gasteiger partial charge in [-0.25, -0.2) is 0 Å². The molecule has 0 aliphatic rings. The minimum absolute atomic E-state index is 0.956. The number of nitrogens with zero attached hydrogens (tertiary/aromatic N) is 2. The fourth-order valence-electron chi connectivity index (χ4n) is 1.10. The molecule has 66 valence electrons. The van der Waals surface area contributed by atoms with E-state index in [0.717, 1.165) is 11.4 Å². The molecule has 2 aromatic rings. The number of hydrogen-bond donors (Lipinski definition) is 0. The zero-order valence-corrected chi connectivity index (χ0v) is 8.43. The van der Waals surface area contributed by atoms with Crippen LogP contribution in [0.4, 0.5) is 0 Å². The molecule has 0 aliphatic heterocycles. The topological polar surface area (TPSA) is 25.8 Å². The van der Waals surface area contributed by atoms with Gasteiger partial charge in [0, 0.05) is 4.88 Å². The van der Waals surface area contributed by atoms with Crippen molar-refractivity contribution in [2.24, 2.45) is 0 Å². The lowest BCUT2D eigenvalue weighted by molar-refractivity contribution is 0.989. The van der Waals surface area contributed by atoms with Crippen molar-refractivity contribution in [2.75, 3.05) is 0 Å². The summed E-state index contributed by atoms with van der Waals surface area (Å²) in [7, 11) is 0. The quantitative estimate of drug-likeness (QED) is 0.691. The van der Waals surface area contributed by atoms with Crippen LogP contribution in [0, 0.1) is 13.8 Å². The van der Waals surface area contributed by atoms with Crippen molar-refractivity contribution in [2.45, 2.75) is 13.8 Å². The van der Waals surface area contributed by atoms with E-state index < -0.39 is 0 Å². The lowest BCUT2D eigenvalue weighted by Gasteiger charge is -1.94. The molecule has 2 rings (SSSR count). The van der Waals surface area contributed by atoms with Crippen LogP contribution in [0.15, 0.2) is 24.3 Å². The second kappa shape index (κ2) is 3.26. The van der Waals surface area contributed by atoms with Crippen LogP contribution in [0.5, 0.6) is 0 Å². The maximum Gasteiger partial charge on any atom is 0.103 e. The van der Waals surface area contributed by atoms with Crippen LogP contribution in [0.25, 0.3) is 10.6 Å². The Bertz CT molecular complexity index is 403. The molecule has 0 spiro atoms. The summed E-state index contributed by atoms with van der Waals surface area (Å²) in [5.41, 5.74) is 1.92. The summed E-state index contributed by atoms with van der Waals surface area (Å²) < 4.78 is 0. The van der Waals surface area contributed by atoms with Crippen LogP contribution in [-0.4, -0.2) is 10.2 Å². The molecule has 0 aliphatic carbocycles. The molecule has 0 fully saturated rings. The number of hydrogen-bond acceptors (Lipinski definition) is 3. The molecule has 0 radical (unpaired) electrons. The smallest absolute Gasteiger partial charge is 0.103 e. The average molecular weight is 190 g/mol. The van der Waals surface area contributed by atoms with Gasteiger partial charge in [0.15, 0.2) is 0 Å². The van der Waals surface area contributed by atoms with Crippen molar-refractivity contribution in [3.8, 4) is 10.6 Å². The maximum absolute atomic E-state index is 4.12. The summed E-state index contributed by atoms with van der Waals surface area (Å²) >= 11 is 1.74. The second-order valence-electron chi connectivity index (χ2n) is 2.97. The molecule has 0 aromatic carbocycles. The first-order valence-electron chi connectivity index (χ1n) is 4.13. The largest absolute Gasteiger partial charge is 0.155 e. The average Bonchev–Trinajstić information content (AvgIpc) is 2.53. The molecule has 2 aromatic heterocycles. The molecular weight excluding hydrogens is 180 g/mol. The van der Waals surface area contributed by atoms with Crippen LogP contribution >= 0.6 is 11.3 Å². The molecule has 2 nitrogen and oxygen atoms in total. The van der Waals surface area contributed by atoms with Gasteiger partial charge in [-0.05, 0) is 38.1 Å². The van der Waals surface area contributed by atoms with Gasteiger partial charge >= 0.3 is 0 Å². The van der Waals surface area contributed by atoms with E-state index in [4.69, 9.17) is 0 Å². The maximum atomic E-state index is 4.12. The molecule has 0 saturated heterocycles. The third kappa shape index (κ3) is 1.75. The molecule has 3 heteroatoms. The van der Waals surface area contributed by atoms with E-state index in [-0.39, 0.29) is 0 Å². The van der Waals surface area contributed by atoms with E-state index in [9.17, 15) is 0 Å². The van der Waals surface area contributed by atoms with Gasteiger partial charge in [-0.2, -0.15) is 5.10 Å². The zero-order chi connectivity index (χ0) is 9.26. The molecular formula is C10H10N2S. The van der Waals surface area contributed by atoms with Gasteiger partial charge in [-0.3, -0.25) is 0 Å². The number of aromatic nitrogens is 2. The first kappa shape index (κ1) is 8.38. The molecule has 0 saturated carbocycles. The minimum atomic E-state index is 0.956. The van der Waals surface area contributed by atoms with Crippen LogP contribution in [0.1, 0.15) is 10.6 Å². The van der Waals surface area contributed by atoms with Gasteiger partial charge in [0.25, 0.3) is 0 Å². The van der Waals surface area contributed by atoms with Crippen LogP contribution in [0.3, 0.4) is 0 Å². The van der Waals surface area contributed by atoms with Crippen LogP contribution in [0.2, 0.25) is 0 Å². The van der Waals surface area contributed by atoms with Crippen LogP contribution in [-0.2, 0) is 0 Å². The fraction of sp³-hybridized carbons (Fsp3) is 0.200. The number of thiophene rings is 1. The Morgan fingerprint density at radius 1 is 1.00 bits per heavy atom. The van der Waals surface area contributed by atoms with Crippen molar-refractivity contribution in [3.05, 3.63) is 34.8 Å². The monoisotopic (exact) mass is 190 g/mol. The minimum Gasteiger partial charge on any atom is -0.155 e. The van der Waals surface area contributed by atoms with Gasteiger partial charge in [0.1, 0.15) is 5.69 Å². The van der Waals surface area contributed by atoms with E-state index in [1.807, 2.05) is 19.1 Å². The highest BCUT2D eigenvalue weighted by molar-refractivity contribution is 7.15.